The highest BCUT2D eigenvalue weighted by atomic mass is 16.5. The van der Waals surface area contributed by atoms with Gasteiger partial charge in [-0.2, -0.15) is 0 Å². The van der Waals surface area contributed by atoms with Crippen LogP contribution in [0.15, 0.2) is 18.2 Å². The lowest BCUT2D eigenvalue weighted by molar-refractivity contribution is -0.138. The first-order valence-electron chi connectivity index (χ1n) is 7.22. The quantitative estimate of drug-likeness (QED) is 0.866. The Kier molecular flexibility index (Phi) is 5.01. The lowest BCUT2D eigenvalue weighted by Gasteiger charge is -2.37. The van der Waals surface area contributed by atoms with Crippen molar-refractivity contribution in [1.29, 1.82) is 0 Å². The molecule has 1 aliphatic rings. The van der Waals surface area contributed by atoms with E-state index in [0.717, 1.165) is 30.6 Å². The molecule has 0 aliphatic heterocycles. The number of nitrogens with zero attached hydrogens (tertiary/aromatic N) is 1. The second-order valence-corrected chi connectivity index (χ2v) is 5.45. The molecule has 0 heterocycles. The van der Waals surface area contributed by atoms with E-state index in [-0.39, 0.29) is 25.2 Å². The van der Waals surface area contributed by atoms with Gasteiger partial charge < -0.3 is 14.7 Å². The van der Waals surface area contributed by atoms with E-state index in [9.17, 15) is 4.79 Å². The Morgan fingerprint density at radius 3 is 2.70 bits per heavy atom. The predicted octanol–water partition coefficient (Wildman–Crippen LogP) is 2.06. The molecule has 0 aromatic heterocycles. The third-order valence-electron chi connectivity index (χ3n) is 3.86. The first-order chi connectivity index (χ1) is 9.61. The maximum absolute atomic E-state index is 12.2. The van der Waals surface area contributed by atoms with Crippen LogP contribution in [0, 0.1) is 13.8 Å². The number of ether oxygens (including phenoxy) is 1. The Morgan fingerprint density at radius 2 is 2.15 bits per heavy atom. The minimum absolute atomic E-state index is 0.00575. The summed E-state index contributed by atoms with van der Waals surface area (Å²) in [6, 6.07) is 6.21. The van der Waals surface area contributed by atoms with Crippen LogP contribution in [0.25, 0.3) is 0 Å². The number of hydrogen-bond donors (Lipinski definition) is 1. The van der Waals surface area contributed by atoms with Crippen LogP contribution in [0.3, 0.4) is 0 Å². The van der Waals surface area contributed by atoms with Crippen LogP contribution in [0.2, 0.25) is 0 Å². The molecule has 2 rings (SSSR count). The van der Waals surface area contributed by atoms with Crippen molar-refractivity contribution in [3.05, 3.63) is 29.3 Å². The fourth-order valence-electron chi connectivity index (χ4n) is 2.50. The van der Waals surface area contributed by atoms with Crippen LogP contribution in [0.5, 0.6) is 5.75 Å². The summed E-state index contributed by atoms with van der Waals surface area (Å²) in [6.45, 7) is 4.46. The molecule has 1 aromatic carbocycles. The Morgan fingerprint density at radius 1 is 1.40 bits per heavy atom. The van der Waals surface area contributed by atoms with E-state index in [1.807, 2.05) is 32.0 Å². The van der Waals surface area contributed by atoms with Crippen molar-refractivity contribution < 1.29 is 14.6 Å². The largest absolute Gasteiger partial charge is 0.484 e. The van der Waals surface area contributed by atoms with Crippen molar-refractivity contribution in [2.24, 2.45) is 0 Å². The number of amides is 1. The summed E-state index contributed by atoms with van der Waals surface area (Å²) < 4.78 is 5.63. The fraction of sp³-hybridized carbons (Fsp3) is 0.562. The van der Waals surface area contributed by atoms with Gasteiger partial charge in [-0.3, -0.25) is 4.79 Å². The van der Waals surface area contributed by atoms with Gasteiger partial charge in [-0.1, -0.05) is 17.7 Å². The lowest BCUT2D eigenvalue weighted by atomic mass is 9.91. The average Bonchev–Trinajstić information content (AvgIpc) is 2.34. The molecule has 1 amide bonds. The van der Waals surface area contributed by atoms with E-state index >= 15 is 0 Å². The molecule has 1 saturated carbocycles. The molecule has 1 N–H and O–H groups in total. The smallest absolute Gasteiger partial charge is 0.260 e. The standard InChI is InChI=1S/C16H23NO3/c1-12-6-7-15(13(2)10-12)20-11-16(19)17(8-9-18)14-4-3-5-14/h6-7,10,14,18H,3-5,8-9,11H2,1-2H3. The fourth-order valence-corrected chi connectivity index (χ4v) is 2.50. The van der Waals surface area contributed by atoms with Crippen LogP contribution in [0.1, 0.15) is 30.4 Å². The zero-order valence-corrected chi connectivity index (χ0v) is 12.3. The molecule has 0 atom stereocenters. The maximum Gasteiger partial charge on any atom is 0.260 e. The molecule has 0 radical (unpaired) electrons. The molecule has 1 aliphatic carbocycles. The predicted molar refractivity (Wildman–Crippen MR) is 77.8 cm³/mol. The zero-order chi connectivity index (χ0) is 14.5. The van der Waals surface area contributed by atoms with Gasteiger partial charge >= 0.3 is 0 Å². The maximum atomic E-state index is 12.2. The lowest BCUT2D eigenvalue weighted by Crippen LogP contribution is -2.47. The molecular weight excluding hydrogens is 254 g/mol. The van der Waals surface area contributed by atoms with Gasteiger partial charge in [0, 0.05) is 12.6 Å². The van der Waals surface area contributed by atoms with Gasteiger partial charge in [-0.15, -0.1) is 0 Å². The van der Waals surface area contributed by atoms with Gasteiger partial charge in [0.2, 0.25) is 0 Å². The van der Waals surface area contributed by atoms with E-state index in [1.165, 1.54) is 5.56 Å². The highest BCUT2D eigenvalue weighted by Crippen LogP contribution is 2.25. The van der Waals surface area contributed by atoms with Gasteiger partial charge in [0.15, 0.2) is 6.61 Å². The number of carbonyl (C=O) groups is 1. The summed E-state index contributed by atoms with van der Waals surface area (Å²) in [5, 5.41) is 9.08. The number of rotatable bonds is 6. The number of aryl methyl sites for hydroxylation is 2. The summed E-state index contributed by atoms with van der Waals surface area (Å²) in [5.41, 5.74) is 2.22. The Hall–Kier alpha value is -1.55. The van der Waals surface area contributed by atoms with Crippen molar-refractivity contribution in [2.75, 3.05) is 19.8 Å². The van der Waals surface area contributed by atoms with E-state index in [1.54, 1.807) is 4.90 Å². The SMILES string of the molecule is Cc1ccc(OCC(=O)N(CCO)C2CCC2)c(C)c1. The number of hydrogen-bond acceptors (Lipinski definition) is 3. The molecule has 4 nitrogen and oxygen atoms in total. The number of benzene rings is 1. The topological polar surface area (TPSA) is 49.8 Å². The Labute approximate surface area is 120 Å². The molecular formula is C16H23NO3. The van der Waals surface area contributed by atoms with Crippen molar-refractivity contribution in [3.8, 4) is 5.75 Å². The molecule has 0 saturated heterocycles. The van der Waals surface area contributed by atoms with Crippen molar-refractivity contribution >= 4 is 5.91 Å². The van der Waals surface area contributed by atoms with E-state index in [0.29, 0.717) is 6.54 Å². The van der Waals surface area contributed by atoms with Crippen molar-refractivity contribution in [1.82, 2.24) is 4.90 Å². The zero-order valence-electron chi connectivity index (χ0n) is 12.3. The van der Waals surface area contributed by atoms with Gasteiger partial charge in [-0.05, 0) is 44.7 Å². The Balaban J connectivity index is 1.92. The summed E-state index contributed by atoms with van der Waals surface area (Å²) in [5.74, 6) is 0.713. The van der Waals surface area contributed by atoms with Gasteiger partial charge in [0.25, 0.3) is 5.91 Å². The summed E-state index contributed by atoms with van der Waals surface area (Å²) in [4.78, 5) is 14.0. The molecule has 4 heteroatoms. The van der Waals surface area contributed by atoms with Crippen LogP contribution in [0.4, 0.5) is 0 Å². The first kappa shape index (κ1) is 14.9. The molecule has 1 aromatic rings. The van der Waals surface area contributed by atoms with Crippen molar-refractivity contribution in [3.63, 3.8) is 0 Å². The average molecular weight is 277 g/mol. The molecule has 0 spiro atoms. The molecule has 1 fully saturated rings. The van der Waals surface area contributed by atoms with E-state index in [2.05, 4.69) is 0 Å². The van der Waals surface area contributed by atoms with Gasteiger partial charge in [-0.25, -0.2) is 0 Å². The third-order valence-corrected chi connectivity index (χ3v) is 3.86. The van der Waals surface area contributed by atoms with Crippen LogP contribution < -0.4 is 4.74 Å². The summed E-state index contributed by atoms with van der Waals surface area (Å²) >= 11 is 0. The number of aliphatic hydroxyl groups is 1. The number of aliphatic hydroxyl groups excluding tert-OH is 1. The van der Waals surface area contributed by atoms with Crippen LogP contribution in [-0.4, -0.2) is 41.7 Å². The minimum atomic E-state index is -0.0382. The summed E-state index contributed by atoms with van der Waals surface area (Å²) in [7, 11) is 0. The highest BCUT2D eigenvalue weighted by molar-refractivity contribution is 5.78. The third kappa shape index (κ3) is 3.51. The molecule has 0 unspecified atom stereocenters. The summed E-state index contributed by atoms with van der Waals surface area (Å²) in [6.07, 6.45) is 3.24. The molecule has 110 valence electrons. The number of carbonyl (C=O) groups excluding carboxylic acids is 1. The van der Waals surface area contributed by atoms with Gasteiger partial charge in [0.1, 0.15) is 5.75 Å². The second-order valence-electron chi connectivity index (χ2n) is 5.45. The van der Waals surface area contributed by atoms with Crippen LogP contribution >= 0.6 is 0 Å². The first-order valence-corrected chi connectivity index (χ1v) is 7.22. The molecule has 20 heavy (non-hydrogen) atoms. The monoisotopic (exact) mass is 277 g/mol. The second kappa shape index (κ2) is 6.75. The van der Waals surface area contributed by atoms with E-state index in [4.69, 9.17) is 9.84 Å². The van der Waals surface area contributed by atoms with E-state index < -0.39 is 0 Å². The Bertz CT molecular complexity index is 469. The van der Waals surface area contributed by atoms with Crippen molar-refractivity contribution in [2.45, 2.75) is 39.2 Å². The molecule has 0 bridgehead atoms. The highest BCUT2D eigenvalue weighted by Gasteiger charge is 2.28. The normalized spacial score (nSPS) is 14.8. The van der Waals surface area contributed by atoms with Gasteiger partial charge in [0.05, 0.1) is 6.61 Å². The minimum Gasteiger partial charge on any atom is -0.484 e. The van der Waals surface area contributed by atoms with Crippen LogP contribution in [-0.2, 0) is 4.79 Å².